The second kappa shape index (κ2) is 17.6. The van der Waals surface area contributed by atoms with Gasteiger partial charge in [0, 0.05) is 56.8 Å². The third-order valence-corrected chi connectivity index (χ3v) is 7.56. The third-order valence-electron chi connectivity index (χ3n) is 7.56. The molecule has 2 unspecified atom stereocenters. The number of piperidine rings is 1. The zero-order valence-electron chi connectivity index (χ0n) is 29.4. The number of rotatable bonds is 7. The van der Waals surface area contributed by atoms with Crippen molar-refractivity contribution in [1.82, 2.24) is 15.1 Å². The lowest BCUT2D eigenvalue weighted by Crippen LogP contribution is -2.51. The molecule has 0 spiro atoms. The minimum absolute atomic E-state index is 0.107. The van der Waals surface area contributed by atoms with Gasteiger partial charge in [-0.3, -0.25) is 14.4 Å². The average molecular weight is 639 g/mol. The number of likely N-dealkylation sites (N-methyl/N-ethyl adjacent to an activating group) is 1. The van der Waals surface area contributed by atoms with Crippen LogP contribution in [0.3, 0.4) is 0 Å². The topological polar surface area (TPSA) is 108 Å². The molecular weight excluding hydrogens is 584 g/mol. The van der Waals surface area contributed by atoms with Gasteiger partial charge in [0.25, 0.3) is 11.8 Å². The molecule has 46 heavy (non-hydrogen) atoms. The van der Waals surface area contributed by atoms with Crippen molar-refractivity contribution in [3.8, 4) is 5.75 Å². The predicted octanol–water partition coefficient (Wildman–Crippen LogP) is 6.51. The summed E-state index contributed by atoms with van der Waals surface area (Å²) in [5.41, 5.74) is 1.77. The molecule has 2 aliphatic heterocycles. The fraction of sp³-hybridized carbons (Fsp3) is 0.556. The number of nitrogens with zero attached hydrogens (tertiary/aromatic N) is 3. The lowest BCUT2D eigenvalue weighted by molar-refractivity contribution is -0.127. The van der Waals surface area contributed by atoms with Gasteiger partial charge in [0.1, 0.15) is 11.4 Å². The van der Waals surface area contributed by atoms with Crippen molar-refractivity contribution in [2.75, 3.05) is 38.1 Å². The lowest BCUT2D eigenvalue weighted by atomic mass is 9.99. The maximum absolute atomic E-state index is 13.9. The second-order valence-corrected chi connectivity index (χ2v) is 11.9. The molecular formula is C36H54N4O6. The predicted molar refractivity (Wildman–Crippen MR) is 182 cm³/mol. The second-order valence-electron chi connectivity index (χ2n) is 11.9. The summed E-state index contributed by atoms with van der Waals surface area (Å²) < 4.78 is 11.8. The molecule has 0 aromatic heterocycles. The summed E-state index contributed by atoms with van der Waals surface area (Å²) in [5, 5.41) is 2.83. The van der Waals surface area contributed by atoms with Crippen molar-refractivity contribution in [3.63, 3.8) is 0 Å². The Balaban J connectivity index is 0.00000177. The molecule has 254 valence electrons. The first-order chi connectivity index (χ1) is 21.9. The number of amides is 4. The van der Waals surface area contributed by atoms with Crippen LogP contribution < -0.4 is 15.0 Å². The Morgan fingerprint density at radius 2 is 1.72 bits per heavy atom. The van der Waals surface area contributed by atoms with Gasteiger partial charge in [-0.15, -0.1) is 0 Å². The average Bonchev–Trinajstić information content (AvgIpc) is 3.06. The van der Waals surface area contributed by atoms with E-state index in [2.05, 4.69) is 5.32 Å². The van der Waals surface area contributed by atoms with Gasteiger partial charge in [0.15, 0.2) is 0 Å². The Kier molecular flexibility index (Phi) is 14.6. The van der Waals surface area contributed by atoms with Crippen molar-refractivity contribution in [1.29, 1.82) is 0 Å². The summed E-state index contributed by atoms with van der Waals surface area (Å²) in [6, 6.07) is 12.6. The molecule has 0 bridgehead atoms. The van der Waals surface area contributed by atoms with Crippen LogP contribution in [0.1, 0.15) is 102 Å². The Labute approximate surface area is 275 Å². The van der Waals surface area contributed by atoms with Gasteiger partial charge < -0.3 is 29.5 Å². The maximum Gasteiger partial charge on any atom is 0.410 e. The van der Waals surface area contributed by atoms with E-state index in [0.29, 0.717) is 42.1 Å². The van der Waals surface area contributed by atoms with E-state index >= 15 is 0 Å². The molecule has 2 atom stereocenters. The largest absolute Gasteiger partial charge is 0.474 e. The Morgan fingerprint density at radius 3 is 2.33 bits per heavy atom. The van der Waals surface area contributed by atoms with E-state index in [1.165, 1.54) is 0 Å². The molecule has 2 aromatic rings. The highest BCUT2D eigenvalue weighted by Gasteiger charge is 2.37. The summed E-state index contributed by atoms with van der Waals surface area (Å²) in [5.74, 6) is -0.0841. The fourth-order valence-electron chi connectivity index (χ4n) is 5.26. The molecule has 0 radical (unpaired) electrons. The maximum atomic E-state index is 13.9. The highest BCUT2D eigenvalue weighted by Crippen LogP contribution is 2.41. The van der Waals surface area contributed by atoms with E-state index in [9.17, 15) is 19.2 Å². The van der Waals surface area contributed by atoms with Gasteiger partial charge in [-0.05, 0) is 58.2 Å². The van der Waals surface area contributed by atoms with Crippen molar-refractivity contribution in [2.45, 2.75) is 99.3 Å². The van der Waals surface area contributed by atoms with Crippen LogP contribution >= 0.6 is 0 Å². The first-order valence-corrected chi connectivity index (χ1v) is 16.6. The van der Waals surface area contributed by atoms with Gasteiger partial charge >= 0.3 is 6.09 Å². The molecule has 1 saturated heterocycles. The van der Waals surface area contributed by atoms with E-state index in [1.807, 2.05) is 85.7 Å². The molecule has 10 heteroatoms. The smallest absolute Gasteiger partial charge is 0.410 e. The normalized spacial score (nSPS) is 17.2. The minimum atomic E-state index is -0.842. The van der Waals surface area contributed by atoms with E-state index in [-0.39, 0.29) is 42.9 Å². The zero-order chi connectivity index (χ0) is 34.6. The van der Waals surface area contributed by atoms with E-state index in [0.717, 1.165) is 18.4 Å². The van der Waals surface area contributed by atoms with Gasteiger partial charge in [-0.25, -0.2) is 4.79 Å². The number of hydrogen-bond donors (Lipinski definition) is 1. The number of hydrogen-bond acceptors (Lipinski definition) is 6. The molecule has 2 heterocycles. The molecule has 2 aromatic carbocycles. The first-order valence-electron chi connectivity index (χ1n) is 16.6. The van der Waals surface area contributed by atoms with Crippen LogP contribution in [0.4, 0.5) is 10.5 Å². The first kappa shape index (κ1) is 38.1. The Morgan fingerprint density at radius 1 is 1.07 bits per heavy atom. The van der Waals surface area contributed by atoms with E-state index in [1.54, 1.807) is 40.8 Å². The van der Waals surface area contributed by atoms with Crippen LogP contribution in [0.15, 0.2) is 42.5 Å². The molecule has 4 amide bonds. The number of benzene rings is 2. The van der Waals surface area contributed by atoms with Crippen LogP contribution in [-0.4, -0.2) is 78.5 Å². The van der Waals surface area contributed by atoms with Crippen LogP contribution in [0, 0.1) is 6.92 Å². The van der Waals surface area contributed by atoms with Gasteiger partial charge in [0.05, 0.1) is 5.69 Å². The van der Waals surface area contributed by atoms with E-state index in [4.69, 9.17) is 9.47 Å². The van der Waals surface area contributed by atoms with Gasteiger partial charge in [-0.1, -0.05) is 65.0 Å². The summed E-state index contributed by atoms with van der Waals surface area (Å²) >= 11 is 0. The Bertz CT molecular complexity index is 1320. The number of anilines is 1. The van der Waals surface area contributed by atoms with Crippen molar-refractivity contribution >= 4 is 29.5 Å². The van der Waals surface area contributed by atoms with Crippen LogP contribution in [0.25, 0.3) is 0 Å². The molecule has 0 aliphatic carbocycles. The quantitative estimate of drug-likeness (QED) is 0.370. The lowest BCUT2D eigenvalue weighted by Gasteiger charge is -2.38. The minimum Gasteiger partial charge on any atom is -0.474 e. The number of ether oxygens (including phenoxy) is 2. The molecule has 4 rings (SSSR count). The van der Waals surface area contributed by atoms with Gasteiger partial charge in [-0.2, -0.15) is 0 Å². The van der Waals surface area contributed by atoms with Crippen molar-refractivity contribution in [2.24, 2.45) is 0 Å². The third kappa shape index (κ3) is 9.71. The van der Waals surface area contributed by atoms with Gasteiger partial charge in [0.2, 0.25) is 12.0 Å². The molecule has 1 N–H and O–H groups in total. The van der Waals surface area contributed by atoms with Crippen molar-refractivity contribution < 1.29 is 28.7 Å². The SMILES string of the molecule is CC.CC.CCC(=O)NCCN1C(=O)C(c2ccccc2)Oc2cc(C)c(C(=O)N(C)C3CCCN(C(=O)OC(C)(C)C)C3)cc21. The summed E-state index contributed by atoms with van der Waals surface area (Å²) in [7, 11) is 1.75. The number of aryl methyl sites for hydroxylation is 1. The summed E-state index contributed by atoms with van der Waals surface area (Å²) in [6.45, 7) is 18.6. The highest BCUT2D eigenvalue weighted by atomic mass is 16.6. The van der Waals surface area contributed by atoms with Crippen LogP contribution in [-0.2, 0) is 14.3 Å². The summed E-state index contributed by atoms with van der Waals surface area (Å²) in [6.07, 6.45) is 0.634. The van der Waals surface area contributed by atoms with Crippen LogP contribution in [0.2, 0.25) is 0 Å². The molecule has 10 nitrogen and oxygen atoms in total. The zero-order valence-corrected chi connectivity index (χ0v) is 29.4. The number of carbonyl (C=O) groups excluding carboxylic acids is 4. The standard InChI is InChI=1S/C32H42N4O6.2C2H6/c1-7-27(37)33-15-17-36-25-19-24(21(2)18-26(25)41-28(30(36)39)22-12-9-8-10-13-22)29(38)34(6)23-14-11-16-35(20-23)31(40)42-32(3,4)5;2*1-2/h8-10,12-13,18-19,23,28H,7,11,14-17,20H2,1-6H3,(H,33,37);2*1-2H3. The molecule has 0 saturated carbocycles. The fourth-order valence-corrected chi connectivity index (χ4v) is 5.26. The van der Waals surface area contributed by atoms with Crippen molar-refractivity contribution in [3.05, 3.63) is 59.2 Å². The number of nitrogens with one attached hydrogen (secondary N) is 1. The monoisotopic (exact) mass is 638 g/mol. The number of likely N-dealkylation sites (tertiary alicyclic amines) is 1. The number of fused-ring (bicyclic) bond motifs is 1. The van der Waals surface area contributed by atoms with Crippen LogP contribution in [0.5, 0.6) is 5.75 Å². The van der Waals surface area contributed by atoms with E-state index < -0.39 is 11.7 Å². The number of carbonyl (C=O) groups is 4. The molecule has 1 fully saturated rings. The Hall–Kier alpha value is -4.08. The summed E-state index contributed by atoms with van der Waals surface area (Å²) in [4.78, 5) is 57.1. The molecule has 2 aliphatic rings. The highest BCUT2D eigenvalue weighted by molar-refractivity contribution is 6.03.